The third-order valence-electron chi connectivity index (χ3n) is 2.07. The molecule has 0 aromatic rings. The van der Waals surface area contributed by atoms with Crippen LogP contribution in [0.5, 0.6) is 0 Å². The van der Waals surface area contributed by atoms with Crippen LogP contribution in [-0.4, -0.2) is 43.3 Å². The van der Waals surface area contributed by atoms with Gasteiger partial charge in [-0.05, 0) is 26.4 Å². The quantitative estimate of drug-likeness (QED) is 0.447. The third-order valence-corrected chi connectivity index (χ3v) is 2.07. The highest BCUT2D eigenvalue weighted by atomic mass is 16.4. The molecule has 0 spiro atoms. The molecule has 0 heterocycles. The van der Waals surface area contributed by atoms with Crippen molar-refractivity contribution in [1.29, 1.82) is 0 Å². The van der Waals surface area contributed by atoms with Crippen LogP contribution in [-0.2, 0) is 4.79 Å². The molecule has 4 N–H and O–H groups in total. The second-order valence-corrected chi connectivity index (χ2v) is 3.54. The van der Waals surface area contributed by atoms with E-state index in [1.165, 1.54) is 0 Å². The molecule has 0 aromatic heterocycles. The van der Waals surface area contributed by atoms with Crippen molar-refractivity contribution in [2.45, 2.75) is 32.2 Å². The lowest BCUT2D eigenvalue weighted by atomic mass is 10.2. The number of rotatable bonds is 8. The monoisotopic (exact) mass is 231 g/mol. The summed E-state index contributed by atoms with van der Waals surface area (Å²) in [7, 11) is 1.84. The number of carboxylic acids is 1. The SMILES string of the molecule is CCC[C@H](NC(=O)NCCCNC)C(=O)O. The van der Waals surface area contributed by atoms with Crippen molar-refractivity contribution in [3.63, 3.8) is 0 Å². The highest BCUT2D eigenvalue weighted by Gasteiger charge is 2.17. The molecule has 0 aliphatic carbocycles. The Kier molecular flexibility index (Phi) is 8.24. The summed E-state index contributed by atoms with van der Waals surface area (Å²) in [4.78, 5) is 22.0. The number of carboxylic acid groups (broad SMARTS) is 1. The van der Waals surface area contributed by atoms with Gasteiger partial charge in [-0.2, -0.15) is 0 Å². The van der Waals surface area contributed by atoms with E-state index in [4.69, 9.17) is 5.11 Å². The number of hydrogen-bond donors (Lipinski definition) is 4. The first kappa shape index (κ1) is 14.7. The summed E-state index contributed by atoms with van der Waals surface area (Å²) in [6, 6.07) is -1.22. The Morgan fingerprint density at radius 2 is 2.00 bits per heavy atom. The second-order valence-electron chi connectivity index (χ2n) is 3.54. The van der Waals surface area contributed by atoms with E-state index in [1.807, 2.05) is 14.0 Å². The highest BCUT2D eigenvalue weighted by Crippen LogP contribution is 1.96. The number of carbonyl (C=O) groups is 2. The summed E-state index contributed by atoms with van der Waals surface area (Å²) in [6.07, 6.45) is 1.98. The van der Waals surface area contributed by atoms with Crippen LogP contribution >= 0.6 is 0 Å². The number of carbonyl (C=O) groups excluding carboxylic acids is 1. The standard InChI is InChI=1S/C10H21N3O3/c1-3-5-8(9(14)15)13-10(16)12-7-4-6-11-2/h8,11H,3-7H2,1-2H3,(H,14,15)(H2,12,13,16)/t8-/m0/s1. The molecule has 0 bridgehead atoms. The number of urea groups is 1. The minimum atomic E-state index is -0.993. The lowest BCUT2D eigenvalue weighted by Gasteiger charge is -2.14. The second kappa shape index (κ2) is 8.96. The number of amides is 2. The first-order valence-corrected chi connectivity index (χ1v) is 5.53. The zero-order valence-electron chi connectivity index (χ0n) is 9.88. The summed E-state index contributed by atoms with van der Waals surface area (Å²) in [5.41, 5.74) is 0. The minimum absolute atomic E-state index is 0.419. The van der Waals surface area contributed by atoms with Crippen molar-refractivity contribution < 1.29 is 14.7 Å². The van der Waals surface area contributed by atoms with Gasteiger partial charge in [0.1, 0.15) is 6.04 Å². The first-order chi connectivity index (χ1) is 7.61. The fraction of sp³-hybridized carbons (Fsp3) is 0.800. The van der Waals surface area contributed by atoms with E-state index in [2.05, 4.69) is 16.0 Å². The molecule has 1 atom stereocenters. The lowest BCUT2D eigenvalue weighted by Crippen LogP contribution is -2.46. The van der Waals surface area contributed by atoms with E-state index in [-0.39, 0.29) is 0 Å². The van der Waals surface area contributed by atoms with E-state index < -0.39 is 18.0 Å². The fourth-order valence-electron chi connectivity index (χ4n) is 1.22. The van der Waals surface area contributed by atoms with Crippen molar-refractivity contribution in [2.24, 2.45) is 0 Å². The molecule has 0 aliphatic heterocycles. The van der Waals surface area contributed by atoms with E-state index in [0.717, 1.165) is 19.4 Å². The molecule has 2 amide bonds. The van der Waals surface area contributed by atoms with Gasteiger partial charge in [0, 0.05) is 6.54 Å². The average molecular weight is 231 g/mol. The molecule has 0 aromatic carbocycles. The van der Waals surface area contributed by atoms with Crippen molar-refractivity contribution in [1.82, 2.24) is 16.0 Å². The third kappa shape index (κ3) is 7.05. The summed E-state index contributed by atoms with van der Waals surface area (Å²) in [6.45, 7) is 3.23. The number of hydrogen-bond acceptors (Lipinski definition) is 3. The van der Waals surface area contributed by atoms with Crippen LogP contribution in [0.3, 0.4) is 0 Å². The van der Waals surface area contributed by atoms with Crippen molar-refractivity contribution in [3.8, 4) is 0 Å². The Hall–Kier alpha value is -1.30. The van der Waals surface area contributed by atoms with Crippen LogP contribution in [0.15, 0.2) is 0 Å². The predicted octanol–water partition coefficient (Wildman–Crippen LogP) is 0.148. The van der Waals surface area contributed by atoms with Gasteiger partial charge >= 0.3 is 12.0 Å². The van der Waals surface area contributed by atoms with E-state index in [9.17, 15) is 9.59 Å². The molecule has 0 saturated heterocycles. The number of aliphatic carboxylic acids is 1. The van der Waals surface area contributed by atoms with Gasteiger partial charge in [-0.3, -0.25) is 0 Å². The normalized spacial score (nSPS) is 11.9. The van der Waals surface area contributed by atoms with Crippen molar-refractivity contribution >= 4 is 12.0 Å². The van der Waals surface area contributed by atoms with Crippen LogP contribution in [0.1, 0.15) is 26.2 Å². The van der Waals surface area contributed by atoms with Crippen LogP contribution in [0, 0.1) is 0 Å². The average Bonchev–Trinajstić information content (AvgIpc) is 2.23. The van der Waals surface area contributed by atoms with Crippen LogP contribution in [0.4, 0.5) is 4.79 Å². The van der Waals surface area contributed by atoms with Gasteiger partial charge in [0.05, 0.1) is 0 Å². The maximum Gasteiger partial charge on any atom is 0.326 e. The molecular formula is C10H21N3O3. The summed E-state index contributed by atoms with van der Waals surface area (Å²) in [5, 5.41) is 16.8. The smallest absolute Gasteiger partial charge is 0.326 e. The zero-order valence-corrected chi connectivity index (χ0v) is 9.88. The summed E-state index contributed by atoms with van der Waals surface area (Å²) >= 11 is 0. The maximum atomic E-state index is 11.3. The maximum absolute atomic E-state index is 11.3. The topological polar surface area (TPSA) is 90.5 Å². The molecule has 0 fully saturated rings. The summed E-state index contributed by atoms with van der Waals surface area (Å²) < 4.78 is 0. The van der Waals surface area contributed by atoms with Crippen LogP contribution < -0.4 is 16.0 Å². The van der Waals surface area contributed by atoms with E-state index >= 15 is 0 Å². The molecule has 0 unspecified atom stereocenters. The molecular weight excluding hydrogens is 210 g/mol. The molecule has 0 radical (unpaired) electrons. The van der Waals surface area contributed by atoms with Gasteiger partial charge < -0.3 is 21.1 Å². The Balaban J connectivity index is 3.77. The zero-order chi connectivity index (χ0) is 12.4. The Bertz CT molecular complexity index is 221. The Morgan fingerprint density at radius 1 is 1.31 bits per heavy atom. The lowest BCUT2D eigenvalue weighted by molar-refractivity contribution is -0.139. The largest absolute Gasteiger partial charge is 0.480 e. The van der Waals surface area contributed by atoms with Gasteiger partial charge in [-0.25, -0.2) is 9.59 Å². The van der Waals surface area contributed by atoms with Crippen molar-refractivity contribution in [2.75, 3.05) is 20.1 Å². The van der Waals surface area contributed by atoms with Gasteiger partial charge in [0.15, 0.2) is 0 Å². The molecule has 6 nitrogen and oxygen atoms in total. The number of nitrogens with one attached hydrogen (secondary N) is 3. The van der Waals surface area contributed by atoms with Crippen molar-refractivity contribution in [3.05, 3.63) is 0 Å². The predicted molar refractivity (Wildman–Crippen MR) is 61.4 cm³/mol. The first-order valence-electron chi connectivity index (χ1n) is 5.53. The molecule has 16 heavy (non-hydrogen) atoms. The Morgan fingerprint density at radius 3 is 2.50 bits per heavy atom. The van der Waals surface area contributed by atoms with Crippen LogP contribution in [0.25, 0.3) is 0 Å². The molecule has 0 aliphatic rings. The van der Waals surface area contributed by atoms with Gasteiger partial charge in [-0.1, -0.05) is 13.3 Å². The van der Waals surface area contributed by atoms with Gasteiger partial charge in [0.25, 0.3) is 0 Å². The van der Waals surface area contributed by atoms with E-state index in [1.54, 1.807) is 0 Å². The molecule has 0 rings (SSSR count). The summed E-state index contributed by atoms with van der Waals surface area (Å²) in [5.74, 6) is -0.993. The Labute approximate surface area is 95.8 Å². The van der Waals surface area contributed by atoms with Gasteiger partial charge in [0.2, 0.25) is 0 Å². The van der Waals surface area contributed by atoms with E-state index in [0.29, 0.717) is 13.0 Å². The fourth-order valence-corrected chi connectivity index (χ4v) is 1.22. The highest BCUT2D eigenvalue weighted by molar-refractivity contribution is 5.82. The molecule has 6 heteroatoms. The molecule has 0 saturated carbocycles. The van der Waals surface area contributed by atoms with Gasteiger partial charge in [-0.15, -0.1) is 0 Å². The minimum Gasteiger partial charge on any atom is -0.480 e. The van der Waals surface area contributed by atoms with Crippen LogP contribution in [0.2, 0.25) is 0 Å². The molecule has 94 valence electrons.